The number of rotatable bonds is 7. The van der Waals surface area contributed by atoms with Crippen molar-refractivity contribution in [2.45, 2.75) is 38.0 Å². The third-order valence-corrected chi connectivity index (χ3v) is 5.01. The molecule has 0 saturated carbocycles. The van der Waals surface area contributed by atoms with Crippen LogP contribution >= 0.6 is 23.1 Å². The molecule has 1 aromatic heterocycles. The fourth-order valence-corrected chi connectivity index (χ4v) is 3.55. The zero-order chi connectivity index (χ0) is 14.4. The highest BCUT2D eigenvalue weighted by molar-refractivity contribution is 7.98. The second-order valence-electron chi connectivity index (χ2n) is 5.30. The number of hydrogen-bond acceptors (Lipinski definition) is 4. The van der Waals surface area contributed by atoms with E-state index in [2.05, 4.69) is 55.3 Å². The summed E-state index contributed by atoms with van der Waals surface area (Å²) in [4.78, 5) is 6.95. The summed E-state index contributed by atoms with van der Waals surface area (Å²) in [5.74, 6) is 1.71. The molecule has 0 saturated heterocycles. The second kappa shape index (κ2) is 7.81. The maximum absolute atomic E-state index is 4.29. The van der Waals surface area contributed by atoms with Gasteiger partial charge in [0.15, 0.2) is 0 Å². The van der Waals surface area contributed by atoms with Crippen LogP contribution in [0.4, 0.5) is 0 Å². The third kappa shape index (κ3) is 5.27. The van der Waals surface area contributed by atoms with E-state index in [1.807, 2.05) is 18.0 Å². The van der Waals surface area contributed by atoms with E-state index in [1.54, 1.807) is 11.3 Å². The molecule has 0 fully saturated rings. The second-order valence-corrected chi connectivity index (χ2v) is 7.67. The summed E-state index contributed by atoms with van der Waals surface area (Å²) in [6.45, 7) is 8.54. The standard InChI is InChI=1S/C16H22N2S2/c1-12(2)8-17-9-14-4-6-15(7-5-14)19-11-16-10-18-13(3)20-16/h4-7,10,12,17H,8-9,11H2,1-3H3. The molecule has 0 bridgehead atoms. The van der Waals surface area contributed by atoms with E-state index >= 15 is 0 Å². The van der Waals surface area contributed by atoms with Crippen molar-refractivity contribution in [3.05, 3.63) is 45.9 Å². The third-order valence-electron chi connectivity index (χ3n) is 2.86. The highest BCUT2D eigenvalue weighted by atomic mass is 32.2. The van der Waals surface area contributed by atoms with E-state index in [9.17, 15) is 0 Å². The molecule has 2 rings (SSSR count). The van der Waals surface area contributed by atoms with Crippen LogP contribution in [0.1, 0.15) is 29.3 Å². The van der Waals surface area contributed by atoms with Gasteiger partial charge >= 0.3 is 0 Å². The predicted octanol–water partition coefficient (Wildman–Crippen LogP) is 4.49. The number of thiazole rings is 1. The van der Waals surface area contributed by atoms with Crippen molar-refractivity contribution in [1.82, 2.24) is 10.3 Å². The first-order valence-corrected chi connectivity index (χ1v) is 8.77. The number of thioether (sulfide) groups is 1. The lowest BCUT2D eigenvalue weighted by molar-refractivity contribution is 0.552. The largest absolute Gasteiger partial charge is 0.312 e. The SMILES string of the molecule is Cc1ncc(CSc2ccc(CNCC(C)C)cc2)s1. The van der Waals surface area contributed by atoms with Crippen molar-refractivity contribution in [3.63, 3.8) is 0 Å². The Morgan fingerprint density at radius 3 is 2.60 bits per heavy atom. The number of hydrogen-bond donors (Lipinski definition) is 1. The van der Waals surface area contributed by atoms with Gasteiger partial charge in [0.05, 0.1) is 5.01 Å². The molecule has 1 N–H and O–H groups in total. The summed E-state index contributed by atoms with van der Waals surface area (Å²) in [5, 5.41) is 4.61. The maximum atomic E-state index is 4.29. The van der Waals surface area contributed by atoms with Crippen LogP contribution in [-0.4, -0.2) is 11.5 Å². The molecule has 0 aliphatic heterocycles. The molecule has 2 nitrogen and oxygen atoms in total. The van der Waals surface area contributed by atoms with Gasteiger partial charge in [-0.25, -0.2) is 4.98 Å². The van der Waals surface area contributed by atoms with Gasteiger partial charge in [0.1, 0.15) is 0 Å². The monoisotopic (exact) mass is 306 g/mol. The molecule has 0 unspecified atom stereocenters. The molecule has 4 heteroatoms. The van der Waals surface area contributed by atoms with Crippen molar-refractivity contribution in [2.75, 3.05) is 6.54 Å². The average Bonchev–Trinajstić information content (AvgIpc) is 2.83. The van der Waals surface area contributed by atoms with Crippen molar-refractivity contribution in [1.29, 1.82) is 0 Å². The van der Waals surface area contributed by atoms with Crippen molar-refractivity contribution in [2.24, 2.45) is 5.92 Å². The first-order valence-electron chi connectivity index (χ1n) is 6.97. The van der Waals surface area contributed by atoms with Crippen LogP contribution < -0.4 is 5.32 Å². The molecule has 0 radical (unpaired) electrons. The maximum Gasteiger partial charge on any atom is 0.0897 e. The quantitative estimate of drug-likeness (QED) is 0.763. The molecule has 108 valence electrons. The number of nitrogens with zero attached hydrogens (tertiary/aromatic N) is 1. The van der Waals surface area contributed by atoms with Crippen molar-refractivity contribution >= 4 is 23.1 Å². The molecule has 0 aliphatic carbocycles. The Bertz CT molecular complexity index is 518. The Balaban J connectivity index is 1.79. The Morgan fingerprint density at radius 1 is 1.25 bits per heavy atom. The Kier molecular flexibility index (Phi) is 6.07. The van der Waals surface area contributed by atoms with E-state index in [-0.39, 0.29) is 0 Å². The molecule has 20 heavy (non-hydrogen) atoms. The van der Waals surface area contributed by atoms with Gasteiger partial charge in [-0.1, -0.05) is 26.0 Å². The van der Waals surface area contributed by atoms with Crippen LogP contribution in [0.25, 0.3) is 0 Å². The minimum atomic E-state index is 0.702. The average molecular weight is 306 g/mol. The molecule has 0 aliphatic rings. The van der Waals surface area contributed by atoms with Crippen molar-refractivity contribution < 1.29 is 0 Å². The van der Waals surface area contributed by atoms with Crippen LogP contribution in [0.15, 0.2) is 35.4 Å². The van der Waals surface area contributed by atoms with Gasteiger partial charge in [0.25, 0.3) is 0 Å². The van der Waals surface area contributed by atoms with Crippen LogP contribution in [0.3, 0.4) is 0 Å². The summed E-state index contributed by atoms with van der Waals surface area (Å²) in [7, 11) is 0. The lowest BCUT2D eigenvalue weighted by Gasteiger charge is -2.08. The topological polar surface area (TPSA) is 24.9 Å². The van der Waals surface area contributed by atoms with Crippen LogP contribution in [0, 0.1) is 12.8 Å². The van der Waals surface area contributed by atoms with Gasteiger partial charge < -0.3 is 5.32 Å². The van der Waals surface area contributed by atoms with Gasteiger partial charge in [-0.05, 0) is 37.1 Å². The molecular formula is C16H22N2S2. The first-order chi connectivity index (χ1) is 9.63. The van der Waals surface area contributed by atoms with Crippen molar-refractivity contribution in [3.8, 4) is 0 Å². The number of nitrogens with one attached hydrogen (secondary N) is 1. The highest BCUT2D eigenvalue weighted by Gasteiger charge is 2.01. The molecular weight excluding hydrogens is 284 g/mol. The Labute approximate surface area is 130 Å². The molecule has 2 aromatic rings. The summed E-state index contributed by atoms with van der Waals surface area (Å²) >= 11 is 3.66. The minimum absolute atomic E-state index is 0.702. The summed E-state index contributed by atoms with van der Waals surface area (Å²) in [6, 6.07) is 8.86. The van der Waals surface area contributed by atoms with E-state index in [1.165, 1.54) is 15.3 Å². The Hall–Kier alpha value is -0.840. The van der Waals surface area contributed by atoms with Crippen LogP contribution in [0.2, 0.25) is 0 Å². The minimum Gasteiger partial charge on any atom is -0.312 e. The lowest BCUT2D eigenvalue weighted by Crippen LogP contribution is -2.18. The normalized spacial score (nSPS) is 11.2. The first kappa shape index (κ1) is 15.5. The summed E-state index contributed by atoms with van der Waals surface area (Å²) in [5.41, 5.74) is 1.35. The zero-order valence-corrected chi connectivity index (χ0v) is 14.0. The molecule has 0 spiro atoms. The smallest absolute Gasteiger partial charge is 0.0897 e. The van der Waals surface area contributed by atoms with Crippen LogP contribution in [0.5, 0.6) is 0 Å². The molecule has 0 amide bonds. The predicted molar refractivity (Wildman–Crippen MR) is 89.4 cm³/mol. The number of aromatic nitrogens is 1. The van der Waals surface area contributed by atoms with Gasteiger partial charge in [-0.3, -0.25) is 0 Å². The fraction of sp³-hybridized carbons (Fsp3) is 0.438. The highest BCUT2D eigenvalue weighted by Crippen LogP contribution is 2.25. The Morgan fingerprint density at radius 2 is 2.00 bits per heavy atom. The van der Waals surface area contributed by atoms with Crippen LogP contribution in [-0.2, 0) is 12.3 Å². The molecule has 0 atom stereocenters. The summed E-state index contributed by atoms with van der Waals surface area (Å²) < 4.78 is 0. The fourth-order valence-electron chi connectivity index (χ4n) is 1.84. The van der Waals surface area contributed by atoms with Gasteiger partial charge in [0, 0.05) is 28.3 Å². The van der Waals surface area contributed by atoms with Gasteiger partial charge in [0.2, 0.25) is 0 Å². The van der Waals surface area contributed by atoms with Gasteiger partial charge in [-0.15, -0.1) is 23.1 Å². The molecule has 1 aromatic carbocycles. The van der Waals surface area contributed by atoms with E-state index in [4.69, 9.17) is 0 Å². The van der Waals surface area contributed by atoms with Gasteiger partial charge in [-0.2, -0.15) is 0 Å². The number of benzene rings is 1. The molecule has 1 heterocycles. The van der Waals surface area contributed by atoms with E-state index in [0.29, 0.717) is 5.92 Å². The van der Waals surface area contributed by atoms with E-state index in [0.717, 1.165) is 23.8 Å². The zero-order valence-electron chi connectivity index (χ0n) is 12.3. The lowest BCUT2D eigenvalue weighted by atomic mass is 10.2. The number of aryl methyl sites for hydroxylation is 1. The summed E-state index contributed by atoms with van der Waals surface area (Å²) in [6.07, 6.45) is 1.98. The van der Waals surface area contributed by atoms with E-state index < -0.39 is 0 Å².